The molecule has 0 saturated heterocycles. The Labute approximate surface area is 124 Å². The fourth-order valence-electron chi connectivity index (χ4n) is 2.01. The third-order valence-electron chi connectivity index (χ3n) is 2.97. The molecule has 0 aliphatic rings. The van der Waals surface area contributed by atoms with E-state index in [2.05, 4.69) is 61.9 Å². The molecule has 2 aromatic heterocycles. The van der Waals surface area contributed by atoms with Gasteiger partial charge in [0.2, 0.25) is 0 Å². The number of thiophene rings is 1. The number of hydrogen-bond acceptors (Lipinski definition) is 3. The summed E-state index contributed by atoms with van der Waals surface area (Å²) in [5.41, 5.74) is 2.33. The lowest BCUT2D eigenvalue weighted by atomic mass is 10.1. The molecule has 0 fully saturated rings. The van der Waals surface area contributed by atoms with Gasteiger partial charge in [0.25, 0.3) is 0 Å². The fourth-order valence-corrected chi connectivity index (χ4v) is 3.47. The van der Waals surface area contributed by atoms with E-state index in [1.54, 1.807) is 11.3 Å². The summed E-state index contributed by atoms with van der Waals surface area (Å²) in [6.45, 7) is 1.76. The highest BCUT2D eigenvalue weighted by molar-refractivity contribution is 9.10. The van der Waals surface area contributed by atoms with Gasteiger partial charge in [-0.2, -0.15) is 0 Å². The number of nitrogens with one attached hydrogen (secondary N) is 1. The Balaban J connectivity index is 1.67. The van der Waals surface area contributed by atoms with Crippen LogP contribution >= 0.6 is 27.3 Å². The van der Waals surface area contributed by atoms with Gasteiger partial charge in [-0.15, -0.1) is 11.3 Å². The highest BCUT2D eigenvalue weighted by atomic mass is 79.9. The van der Waals surface area contributed by atoms with E-state index in [0.29, 0.717) is 0 Å². The Morgan fingerprint density at radius 1 is 1.16 bits per heavy atom. The van der Waals surface area contributed by atoms with Gasteiger partial charge in [0.05, 0.1) is 5.52 Å². The smallest absolute Gasteiger partial charge is 0.0702 e. The molecule has 1 aromatic carbocycles. The van der Waals surface area contributed by atoms with Crippen LogP contribution < -0.4 is 5.32 Å². The largest absolute Gasteiger partial charge is 0.308 e. The van der Waals surface area contributed by atoms with Crippen LogP contribution in [-0.2, 0) is 13.1 Å². The summed E-state index contributed by atoms with van der Waals surface area (Å²) in [6, 6.07) is 12.6. The van der Waals surface area contributed by atoms with Crippen molar-refractivity contribution in [1.82, 2.24) is 10.3 Å². The van der Waals surface area contributed by atoms with Crippen LogP contribution in [0.5, 0.6) is 0 Å². The first kappa shape index (κ1) is 12.8. The zero-order valence-electron chi connectivity index (χ0n) is 10.3. The predicted molar refractivity (Wildman–Crippen MR) is 84.3 cm³/mol. The normalized spacial score (nSPS) is 11.0. The topological polar surface area (TPSA) is 24.9 Å². The van der Waals surface area contributed by atoms with Crippen LogP contribution in [0.15, 0.2) is 52.4 Å². The Bertz CT molecular complexity index is 693. The van der Waals surface area contributed by atoms with Crippen LogP contribution in [0.25, 0.3) is 10.9 Å². The number of rotatable bonds is 4. The molecule has 0 unspecified atom stereocenters. The van der Waals surface area contributed by atoms with Crippen molar-refractivity contribution in [2.45, 2.75) is 13.1 Å². The van der Waals surface area contributed by atoms with Gasteiger partial charge >= 0.3 is 0 Å². The van der Waals surface area contributed by atoms with Crippen molar-refractivity contribution >= 4 is 38.2 Å². The molecule has 0 radical (unpaired) electrons. The average molecular weight is 333 g/mol. The fraction of sp³-hybridized carbons (Fsp3) is 0.133. The summed E-state index contributed by atoms with van der Waals surface area (Å²) in [5.74, 6) is 0. The minimum atomic E-state index is 0.870. The highest BCUT2D eigenvalue weighted by Gasteiger charge is 2.01. The molecule has 1 N–H and O–H groups in total. The Kier molecular flexibility index (Phi) is 3.92. The van der Waals surface area contributed by atoms with Gasteiger partial charge < -0.3 is 5.32 Å². The molecule has 19 heavy (non-hydrogen) atoms. The second-order valence-corrected chi connectivity index (χ2v) is 6.18. The number of fused-ring (bicyclic) bond motifs is 1. The van der Waals surface area contributed by atoms with E-state index in [0.717, 1.165) is 18.6 Å². The van der Waals surface area contributed by atoms with E-state index in [-0.39, 0.29) is 0 Å². The molecule has 0 aliphatic carbocycles. The molecule has 96 valence electrons. The third kappa shape index (κ3) is 3.03. The molecule has 4 heteroatoms. The van der Waals surface area contributed by atoms with E-state index in [9.17, 15) is 0 Å². The van der Waals surface area contributed by atoms with Crippen LogP contribution in [0, 0.1) is 0 Å². The maximum absolute atomic E-state index is 4.33. The zero-order valence-corrected chi connectivity index (χ0v) is 12.7. The monoisotopic (exact) mass is 332 g/mol. The Hall–Kier alpha value is -1.23. The first-order valence-corrected chi connectivity index (χ1v) is 7.76. The average Bonchev–Trinajstić information content (AvgIpc) is 2.84. The molecular weight excluding hydrogens is 320 g/mol. The van der Waals surface area contributed by atoms with Gasteiger partial charge in [0.15, 0.2) is 0 Å². The van der Waals surface area contributed by atoms with E-state index in [1.165, 1.54) is 20.3 Å². The zero-order chi connectivity index (χ0) is 13.1. The standard InChI is InChI=1S/C15H13BrN2S/c16-13-5-7-19-15(13)10-17-9-11-3-4-14-12(8-11)2-1-6-18-14/h1-8,17H,9-10H2. The van der Waals surface area contributed by atoms with Crippen molar-refractivity contribution in [3.8, 4) is 0 Å². The molecular formula is C15H13BrN2S. The summed E-state index contributed by atoms with van der Waals surface area (Å²) in [7, 11) is 0. The second-order valence-electron chi connectivity index (χ2n) is 4.33. The number of benzene rings is 1. The lowest BCUT2D eigenvalue weighted by molar-refractivity contribution is 0.700. The summed E-state index contributed by atoms with van der Waals surface area (Å²) in [4.78, 5) is 5.67. The van der Waals surface area contributed by atoms with E-state index < -0.39 is 0 Å². The van der Waals surface area contributed by atoms with Gasteiger partial charge in [0.1, 0.15) is 0 Å². The van der Waals surface area contributed by atoms with Crippen LogP contribution in [0.1, 0.15) is 10.4 Å². The molecule has 0 atom stereocenters. The van der Waals surface area contributed by atoms with Crippen LogP contribution in [-0.4, -0.2) is 4.98 Å². The van der Waals surface area contributed by atoms with E-state index >= 15 is 0 Å². The number of hydrogen-bond donors (Lipinski definition) is 1. The minimum absolute atomic E-state index is 0.870. The SMILES string of the molecule is Brc1ccsc1CNCc1ccc2ncccc2c1. The van der Waals surface area contributed by atoms with Crippen molar-refractivity contribution in [3.63, 3.8) is 0 Å². The van der Waals surface area contributed by atoms with Crippen LogP contribution in [0.4, 0.5) is 0 Å². The van der Waals surface area contributed by atoms with Crippen molar-refractivity contribution < 1.29 is 0 Å². The summed E-state index contributed by atoms with van der Waals surface area (Å²) in [6.07, 6.45) is 1.83. The van der Waals surface area contributed by atoms with Crippen molar-refractivity contribution in [1.29, 1.82) is 0 Å². The quantitative estimate of drug-likeness (QED) is 0.768. The molecule has 0 amide bonds. The number of aromatic nitrogens is 1. The summed E-state index contributed by atoms with van der Waals surface area (Å²) < 4.78 is 1.19. The molecule has 0 aliphatic heterocycles. The first-order valence-electron chi connectivity index (χ1n) is 6.09. The van der Waals surface area contributed by atoms with Gasteiger partial charge in [0, 0.05) is 34.0 Å². The molecule has 0 saturated carbocycles. The van der Waals surface area contributed by atoms with Crippen molar-refractivity contribution in [3.05, 3.63) is 62.9 Å². The Morgan fingerprint density at radius 3 is 2.95 bits per heavy atom. The van der Waals surface area contributed by atoms with Crippen LogP contribution in [0.3, 0.4) is 0 Å². The third-order valence-corrected chi connectivity index (χ3v) is 4.90. The summed E-state index contributed by atoms with van der Waals surface area (Å²) in [5, 5.41) is 6.76. The number of nitrogens with zero attached hydrogens (tertiary/aromatic N) is 1. The van der Waals surface area contributed by atoms with Gasteiger partial charge in [-0.25, -0.2) is 0 Å². The Morgan fingerprint density at radius 2 is 2.11 bits per heavy atom. The number of halogens is 1. The van der Waals surface area contributed by atoms with Crippen LogP contribution in [0.2, 0.25) is 0 Å². The van der Waals surface area contributed by atoms with Gasteiger partial charge in [-0.1, -0.05) is 12.1 Å². The molecule has 0 spiro atoms. The maximum atomic E-state index is 4.33. The maximum Gasteiger partial charge on any atom is 0.0702 e. The molecule has 3 rings (SSSR count). The van der Waals surface area contributed by atoms with E-state index in [1.807, 2.05) is 12.3 Å². The van der Waals surface area contributed by atoms with Crippen molar-refractivity contribution in [2.24, 2.45) is 0 Å². The molecule has 3 aromatic rings. The second kappa shape index (κ2) is 5.82. The highest BCUT2D eigenvalue weighted by Crippen LogP contribution is 2.22. The molecule has 2 nitrogen and oxygen atoms in total. The molecule has 2 heterocycles. The van der Waals surface area contributed by atoms with E-state index in [4.69, 9.17) is 0 Å². The predicted octanol–water partition coefficient (Wildman–Crippen LogP) is 4.35. The first-order chi connectivity index (χ1) is 9.33. The molecule has 0 bridgehead atoms. The summed E-state index contributed by atoms with van der Waals surface area (Å²) >= 11 is 5.32. The van der Waals surface area contributed by atoms with Crippen molar-refractivity contribution in [2.75, 3.05) is 0 Å². The minimum Gasteiger partial charge on any atom is -0.308 e. The van der Waals surface area contributed by atoms with Gasteiger partial charge in [-0.3, -0.25) is 4.98 Å². The van der Waals surface area contributed by atoms with Gasteiger partial charge in [-0.05, 0) is 51.1 Å². The lowest BCUT2D eigenvalue weighted by Gasteiger charge is -2.05. The lowest BCUT2D eigenvalue weighted by Crippen LogP contribution is -2.11. The number of pyridine rings is 1.